The maximum Gasteiger partial charge on any atom is 0.342 e. The van der Waals surface area contributed by atoms with Crippen molar-refractivity contribution < 1.29 is 17.3 Å². The molecule has 0 bridgehead atoms. The quantitative estimate of drug-likeness (QED) is 0.629. The minimum absolute atomic E-state index is 0.140. The molecule has 1 saturated carbocycles. The fraction of sp³-hybridized carbons (Fsp3) is 0.600. The summed E-state index contributed by atoms with van der Waals surface area (Å²) in [6.45, 7) is 3.30. The van der Waals surface area contributed by atoms with Gasteiger partial charge in [-0.05, 0) is 19.1 Å². The second kappa shape index (κ2) is 5.54. The molecule has 0 radical (unpaired) electrons. The summed E-state index contributed by atoms with van der Waals surface area (Å²) in [7, 11) is -3.73. The lowest BCUT2D eigenvalue weighted by molar-refractivity contribution is -1.09. The van der Waals surface area contributed by atoms with Crippen LogP contribution in [0.25, 0.3) is 0 Å². The van der Waals surface area contributed by atoms with E-state index in [-0.39, 0.29) is 14.9 Å². The summed E-state index contributed by atoms with van der Waals surface area (Å²) in [5.74, 6) is 0. The second-order valence-electron chi connectivity index (χ2n) is 6.15. The Balaban J connectivity index is 1.84. The van der Waals surface area contributed by atoms with Crippen LogP contribution in [-0.2, 0) is 14.4 Å². The van der Waals surface area contributed by atoms with Crippen LogP contribution < -0.4 is 0 Å². The summed E-state index contributed by atoms with van der Waals surface area (Å²) in [4.78, 5) is 0.235. The monoisotopic (exact) mass is 330 g/mol. The smallest absolute Gasteiger partial charge is 0.189 e. The van der Waals surface area contributed by atoms with Crippen LogP contribution in [0.5, 0.6) is 0 Å². The van der Waals surface area contributed by atoms with Crippen molar-refractivity contribution in [1.29, 1.82) is 0 Å². The fourth-order valence-electron chi connectivity index (χ4n) is 2.96. The minimum Gasteiger partial charge on any atom is -0.189 e. The molecule has 1 heterocycles. The number of aryl methyl sites for hydroxylation is 1. The van der Waals surface area contributed by atoms with Gasteiger partial charge in [0.05, 0.1) is 4.90 Å². The number of benzene rings is 1. The lowest BCUT2D eigenvalue weighted by atomic mass is 10.1. The Kier molecular flexibility index (Phi) is 4.03. The number of halogens is 1. The van der Waals surface area contributed by atoms with Crippen molar-refractivity contribution in [1.82, 2.24) is 0 Å². The topological polar surface area (TPSA) is 43.4 Å². The number of hydrogen-bond donors (Lipinski definition) is 0. The molecule has 4 nitrogen and oxygen atoms in total. The third-order valence-corrected chi connectivity index (χ3v) is 6.19. The van der Waals surface area contributed by atoms with Crippen LogP contribution in [-0.4, -0.2) is 37.6 Å². The number of rotatable bonds is 4. The van der Waals surface area contributed by atoms with Crippen molar-refractivity contribution in [2.24, 2.45) is 0 Å². The van der Waals surface area contributed by atoms with Gasteiger partial charge in [0, 0.05) is 31.1 Å². The molecule has 0 spiro atoms. The number of hydrogen-bond acceptors (Lipinski definition) is 3. The number of likely N-dealkylation sites (tertiary alicyclic amines) is 1. The minimum atomic E-state index is -3.73. The first-order chi connectivity index (χ1) is 9.91. The van der Waals surface area contributed by atoms with Crippen LogP contribution in [0.1, 0.15) is 31.2 Å². The van der Waals surface area contributed by atoms with E-state index in [1.54, 1.807) is 24.3 Å². The molecule has 116 valence electrons. The molecule has 21 heavy (non-hydrogen) atoms. The zero-order valence-electron chi connectivity index (χ0n) is 12.2. The molecule has 0 N–H and O–H groups in total. The molecule has 0 unspecified atom stereocenters. The van der Waals surface area contributed by atoms with E-state index in [1.165, 1.54) is 0 Å². The van der Waals surface area contributed by atoms with E-state index in [1.807, 2.05) is 6.92 Å². The van der Waals surface area contributed by atoms with Gasteiger partial charge in [0.15, 0.2) is 0 Å². The van der Waals surface area contributed by atoms with E-state index >= 15 is 0 Å². The lowest BCUT2D eigenvalue weighted by Gasteiger charge is -2.38. The largest absolute Gasteiger partial charge is 0.342 e. The average molecular weight is 331 g/mol. The van der Waals surface area contributed by atoms with Crippen molar-refractivity contribution in [3.8, 4) is 0 Å². The number of hydroxylamine groups is 3. The Morgan fingerprint density at radius 2 is 1.67 bits per heavy atom. The molecule has 1 aromatic rings. The van der Waals surface area contributed by atoms with Gasteiger partial charge in [-0.2, -0.15) is 13.1 Å². The standard InChI is InChI=1S/C15H21ClNO3S/c1-12-2-6-15(7-3-12)21(18,19)20-17(14-4-5-14)10-8-13(16)9-11-17/h2-3,6-7,13-14H,4-5,8-11H2,1H3/q+1. The summed E-state index contributed by atoms with van der Waals surface area (Å²) in [5.41, 5.74) is 1.03. The Labute approximate surface area is 131 Å². The van der Waals surface area contributed by atoms with Gasteiger partial charge >= 0.3 is 10.1 Å². The molecule has 1 saturated heterocycles. The van der Waals surface area contributed by atoms with Gasteiger partial charge in [-0.3, -0.25) is 0 Å². The highest BCUT2D eigenvalue weighted by atomic mass is 35.5. The maximum absolute atomic E-state index is 12.6. The first-order valence-corrected chi connectivity index (χ1v) is 9.29. The summed E-state index contributed by atoms with van der Waals surface area (Å²) in [5, 5.41) is 0.140. The third kappa shape index (κ3) is 3.26. The number of nitrogens with zero attached hydrogens (tertiary/aromatic N) is 1. The maximum atomic E-state index is 12.6. The van der Waals surface area contributed by atoms with E-state index < -0.39 is 10.1 Å². The van der Waals surface area contributed by atoms with E-state index in [9.17, 15) is 8.42 Å². The van der Waals surface area contributed by atoms with Crippen molar-refractivity contribution in [2.75, 3.05) is 13.1 Å². The first kappa shape index (κ1) is 15.3. The van der Waals surface area contributed by atoms with E-state index in [2.05, 4.69) is 0 Å². The van der Waals surface area contributed by atoms with Crippen LogP contribution in [0.2, 0.25) is 0 Å². The molecule has 2 aliphatic rings. The van der Waals surface area contributed by atoms with Crippen LogP contribution >= 0.6 is 11.6 Å². The van der Waals surface area contributed by atoms with Crippen molar-refractivity contribution in [3.05, 3.63) is 29.8 Å². The molecule has 0 amide bonds. The highest BCUT2D eigenvalue weighted by molar-refractivity contribution is 7.86. The highest BCUT2D eigenvalue weighted by Gasteiger charge is 2.52. The van der Waals surface area contributed by atoms with Crippen molar-refractivity contribution in [3.63, 3.8) is 0 Å². The Morgan fingerprint density at radius 1 is 1.10 bits per heavy atom. The van der Waals surface area contributed by atoms with Crippen LogP contribution in [0.15, 0.2) is 29.2 Å². The van der Waals surface area contributed by atoms with Crippen molar-refractivity contribution in [2.45, 2.75) is 48.9 Å². The Morgan fingerprint density at radius 3 is 2.19 bits per heavy atom. The molecule has 1 aliphatic heterocycles. The fourth-order valence-corrected chi connectivity index (χ4v) is 4.37. The van der Waals surface area contributed by atoms with E-state index in [0.29, 0.717) is 19.1 Å². The van der Waals surface area contributed by atoms with Gasteiger partial charge < -0.3 is 0 Å². The molecule has 6 heteroatoms. The van der Waals surface area contributed by atoms with Gasteiger partial charge in [0.25, 0.3) is 0 Å². The van der Waals surface area contributed by atoms with Crippen LogP contribution in [0.4, 0.5) is 0 Å². The highest BCUT2D eigenvalue weighted by Crippen LogP contribution is 2.40. The molecule has 0 aromatic heterocycles. The zero-order valence-corrected chi connectivity index (χ0v) is 13.7. The molecule has 1 aliphatic carbocycles. The summed E-state index contributed by atoms with van der Waals surface area (Å²) < 4.78 is 31.1. The summed E-state index contributed by atoms with van der Waals surface area (Å²) in [6, 6.07) is 7.13. The summed E-state index contributed by atoms with van der Waals surface area (Å²) in [6.07, 6.45) is 3.69. The van der Waals surface area contributed by atoms with Gasteiger partial charge in [0.1, 0.15) is 19.1 Å². The van der Waals surface area contributed by atoms with Crippen molar-refractivity contribution >= 4 is 21.7 Å². The number of alkyl halides is 1. The number of piperidine rings is 1. The lowest BCUT2D eigenvalue weighted by Crippen LogP contribution is -2.55. The van der Waals surface area contributed by atoms with Gasteiger partial charge in [-0.25, -0.2) is 0 Å². The Hall–Kier alpha value is -0.620. The molecular formula is C15H21ClNO3S+. The predicted octanol–water partition coefficient (Wildman–Crippen LogP) is 3.00. The number of quaternary nitrogens is 1. The van der Waals surface area contributed by atoms with E-state index in [0.717, 1.165) is 31.2 Å². The molecular weight excluding hydrogens is 310 g/mol. The average Bonchev–Trinajstić information content (AvgIpc) is 3.27. The third-order valence-electron chi connectivity index (χ3n) is 4.41. The Bertz CT molecular complexity index is 602. The SMILES string of the molecule is Cc1ccc(S(=O)(=O)O[N+]2(C3CC3)CCC(Cl)CC2)cc1. The first-order valence-electron chi connectivity index (χ1n) is 7.45. The predicted molar refractivity (Wildman–Crippen MR) is 81.3 cm³/mol. The molecule has 1 aromatic carbocycles. The van der Waals surface area contributed by atoms with Gasteiger partial charge in [-0.1, -0.05) is 22.0 Å². The molecule has 0 atom stereocenters. The van der Waals surface area contributed by atoms with Crippen LogP contribution in [0.3, 0.4) is 0 Å². The normalized spacial score (nSPS) is 30.3. The molecule has 3 rings (SSSR count). The van der Waals surface area contributed by atoms with Gasteiger partial charge in [0.2, 0.25) is 0 Å². The van der Waals surface area contributed by atoms with Crippen LogP contribution in [0, 0.1) is 6.92 Å². The second-order valence-corrected chi connectivity index (χ2v) is 8.29. The van der Waals surface area contributed by atoms with E-state index in [4.69, 9.17) is 15.9 Å². The molecule has 2 fully saturated rings. The van der Waals surface area contributed by atoms with Gasteiger partial charge in [-0.15, -0.1) is 11.6 Å². The zero-order chi connectivity index (χ0) is 15.1. The summed E-state index contributed by atoms with van der Waals surface area (Å²) >= 11 is 6.16.